The van der Waals surface area contributed by atoms with Gasteiger partial charge in [-0.3, -0.25) is 0 Å². The number of rotatable bonds is 4. The van der Waals surface area contributed by atoms with Gasteiger partial charge in [0, 0.05) is 19.2 Å². The molecule has 0 bridgehead atoms. The van der Waals surface area contributed by atoms with Crippen LogP contribution in [0.5, 0.6) is 0 Å². The molecule has 1 N–H and O–H groups in total. The molecule has 0 radical (unpaired) electrons. The lowest BCUT2D eigenvalue weighted by molar-refractivity contribution is 0.179. The topological polar surface area (TPSA) is 71.3 Å². The van der Waals surface area contributed by atoms with Gasteiger partial charge in [0.1, 0.15) is 17.7 Å². The first kappa shape index (κ1) is 17.3. The molecule has 1 atom stereocenters. The molecule has 25 heavy (non-hydrogen) atoms. The summed E-state index contributed by atoms with van der Waals surface area (Å²) >= 11 is 0. The highest BCUT2D eigenvalue weighted by Crippen LogP contribution is 2.32. The Hall–Kier alpha value is -2.51. The van der Waals surface area contributed by atoms with Gasteiger partial charge < -0.3 is 14.7 Å². The normalized spacial score (nSPS) is 17.3. The number of nitrogens with one attached hydrogen (secondary N) is 1. The Kier molecular flexibility index (Phi) is 4.96. The molecule has 1 fully saturated rings. The van der Waals surface area contributed by atoms with Crippen LogP contribution in [0.2, 0.25) is 0 Å². The van der Waals surface area contributed by atoms with Crippen LogP contribution in [-0.4, -0.2) is 34.2 Å². The summed E-state index contributed by atoms with van der Waals surface area (Å²) in [5.74, 6) is -0.779. The van der Waals surface area contributed by atoms with Crippen molar-refractivity contribution in [2.75, 3.05) is 13.1 Å². The molecule has 134 valence electrons. The van der Waals surface area contributed by atoms with E-state index in [1.165, 1.54) is 6.07 Å². The van der Waals surface area contributed by atoms with Crippen LogP contribution >= 0.6 is 0 Å². The van der Waals surface area contributed by atoms with Crippen LogP contribution in [-0.2, 0) is 0 Å². The molecule has 2 amide bonds. The predicted molar refractivity (Wildman–Crippen MR) is 86.6 cm³/mol. The Labute approximate surface area is 144 Å². The van der Waals surface area contributed by atoms with Gasteiger partial charge in [-0.15, -0.1) is 0 Å². The number of carbonyl (C=O) groups is 1. The summed E-state index contributed by atoms with van der Waals surface area (Å²) in [4.78, 5) is 18.2. The largest absolute Gasteiger partial charge is 0.338 e. The van der Waals surface area contributed by atoms with Gasteiger partial charge in [-0.1, -0.05) is 19.0 Å². The third kappa shape index (κ3) is 3.78. The second kappa shape index (κ2) is 7.16. The van der Waals surface area contributed by atoms with Gasteiger partial charge in [-0.25, -0.2) is 13.6 Å². The van der Waals surface area contributed by atoms with Gasteiger partial charge in [0.2, 0.25) is 11.7 Å². The molecule has 3 rings (SSSR count). The van der Waals surface area contributed by atoms with E-state index in [1.54, 1.807) is 4.90 Å². The number of carbonyl (C=O) groups excluding carboxylic acids is 1. The Morgan fingerprint density at radius 2 is 2.24 bits per heavy atom. The van der Waals surface area contributed by atoms with E-state index in [-0.39, 0.29) is 29.4 Å². The number of amides is 2. The number of halogens is 2. The fourth-order valence-electron chi connectivity index (χ4n) is 2.81. The van der Waals surface area contributed by atoms with Crippen molar-refractivity contribution < 1.29 is 18.1 Å². The highest BCUT2D eigenvalue weighted by Gasteiger charge is 2.34. The van der Waals surface area contributed by atoms with Crippen LogP contribution in [0.3, 0.4) is 0 Å². The standard InChI is InChI=1S/C17H20F2N4O2/c1-10(2)9-20-17(24)23-7-3-4-14(23)16-21-15(22-25-16)12-6-5-11(18)8-13(12)19/h5-6,8,10,14H,3-4,7,9H2,1-2H3,(H,20,24)/t14-/m0/s1. The van der Waals surface area contributed by atoms with E-state index in [0.29, 0.717) is 25.4 Å². The minimum Gasteiger partial charge on any atom is -0.338 e. The Morgan fingerprint density at radius 1 is 1.44 bits per heavy atom. The molecular weight excluding hydrogens is 330 g/mol. The quantitative estimate of drug-likeness (QED) is 0.916. The molecule has 8 heteroatoms. The number of urea groups is 1. The van der Waals surface area contributed by atoms with Gasteiger partial charge in [0.05, 0.1) is 5.56 Å². The van der Waals surface area contributed by atoms with Crippen molar-refractivity contribution in [1.29, 1.82) is 0 Å². The zero-order valence-electron chi connectivity index (χ0n) is 14.1. The molecule has 2 aromatic rings. The maximum Gasteiger partial charge on any atom is 0.318 e. The molecule has 1 aliphatic rings. The first-order valence-corrected chi connectivity index (χ1v) is 8.29. The summed E-state index contributed by atoms with van der Waals surface area (Å²) < 4.78 is 32.1. The van der Waals surface area contributed by atoms with Gasteiger partial charge >= 0.3 is 6.03 Å². The molecule has 1 aromatic heterocycles. The SMILES string of the molecule is CC(C)CNC(=O)N1CCC[C@H]1c1nc(-c2ccc(F)cc2F)no1. The van der Waals surface area contributed by atoms with E-state index < -0.39 is 11.6 Å². The van der Waals surface area contributed by atoms with Crippen LogP contribution in [0.4, 0.5) is 13.6 Å². The summed E-state index contributed by atoms with van der Waals surface area (Å²) in [5.41, 5.74) is 0.0604. The molecule has 6 nitrogen and oxygen atoms in total. The zero-order chi connectivity index (χ0) is 18.0. The van der Waals surface area contributed by atoms with Crippen molar-refractivity contribution in [3.63, 3.8) is 0 Å². The monoisotopic (exact) mass is 350 g/mol. The smallest absolute Gasteiger partial charge is 0.318 e. The Balaban J connectivity index is 1.77. The molecule has 0 aliphatic carbocycles. The van der Waals surface area contributed by atoms with E-state index in [1.807, 2.05) is 13.8 Å². The van der Waals surface area contributed by atoms with E-state index >= 15 is 0 Å². The lowest BCUT2D eigenvalue weighted by atomic mass is 10.2. The van der Waals surface area contributed by atoms with Crippen LogP contribution < -0.4 is 5.32 Å². The Morgan fingerprint density at radius 3 is 2.96 bits per heavy atom. The Bertz CT molecular complexity index is 763. The van der Waals surface area contributed by atoms with Gasteiger partial charge in [-0.05, 0) is 30.9 Å². The van der Waals surface area contributed by atoms with Gasteiger partial charge in [-0.2, -0.15) is 4.98 Å². The number of nitrogens with zero attached hydrogens (tertiary/aromatic N) is 3. The molecule has 1 saturated heterocycles. The fourth-order valence-corrected chi connectivity index (χ4v) is 2.81. The van der Waals surface area contributed by atoms with E-state index in [2.05, 4.69) is 15.5 Å². The van der Waals surface area contributed by atoms with Crippen molar-refractivity contribution in [3.8, 4) is 11.4 Å². The van der Waals surface area contributed by atoms with Crippen molar-refractivity contribution in [3.05, 3.63) is 35.7 Å². The summed E-state index contributed by atoms with van der Waals surface area (Å²) in [7, 11) is 0. The van der Waals surface area contributed by atoms with Crippen molar-refractivity contribution in [1.82, 2.24) is 20.4 Å². The van der Waals surface area contributed by atoms with Gasteiger partial charge in [0.15, 0.2) is 0 Å². The fraction of sp³-hybridized carbons (Fsp3) is 0.471. The maximum absolute atomic E-state index is 13.9. The van der Waals surface area contributed by atoms with Crippen molar-refractivity contribution in [2.24, 2.45) is 5.92 Å². The summed E-state index contributed by atoms with van der Waals surface area (Å²) in [5, 5.41) is 6.66. The summed E-state index contributed by atoms with van der Waals surface area (Å²) in [6, 6.07) is 2.66. The third-order valence-electron chi connectivity index (χ3n) is 4.07. The van der Waals surface area contributed by atoms with Crippen molar-refractivity contribution in [2.45, 2.75) is 32.7 Å². The minimum absolute atomic E-state index is 0.0435. The molecule has 0 spiro atoms. The van der Waals surface area contributed by atoms with Crippen LogP contribution in [0.1, 0.15) is 38.6 Å². The van der Waals surface area contributed by atoms with Crippen LogP contribution in [0.15, 0.2) is 22.7 Å². The molecular formula is C17H20F2N4O2. The highest BCUT2D eigenvalue weighted by molar-refractivity contribution is 5.75. The average Bonchev–Trinajstić information content (AvgIpc) is 3.21. The molecule has 1 aromatic carbocycles. The van der Waals surface area contributed by atoms with E-state index in [9.17, 15) is 13.6 Å². The summed E-state index contributed by atoms with van der Waals surface area (Å²) in [6.07, 6.45) is 1.52. The number of likely N-dealkylation sites (tertiary alicyclic amines) is 1. The minimum atomic E-state index is -0.759. The third-order valence-corrected chi connectivity index (χ3v) is 4.07. The van der Waals surface area contributed by atoms with E-state index in [4.69, 9.17) is 4.52 Å². The number of benzene rings is 1. The molecule has 2 heterocycles. The first-order valence-electron chi connectivity index (χ1n) is 8.29. The maximum atomic E-state index is 13.9. The summed E-state index contributed by atoms with van der Waals surface area (Å²) in [6.45, 7) is 5.21. The highest BCUT2D eigenvalue weighted by atomic mass is 19.1. The lowest BCUT2D eigenvalue weighted by Gasteiger charge is -2.22. The second-order valence-corrected chi connectivity index (χ2v) is 6.51. The zero-order valence-corrected chi connectivity index (χ0v) is 14.1. The average molecular weight is 350 g/mol. The second-order valence-electron chi connectivity index (χ2n) is 6.51. The molecule has 1 aliphatic heterocycles. The predicted octanol–water partition coefficient (Wildman–Crippen LogP) is 3.52. The van der Waals surface area contributed by atoms with E-state index in [0.717, 1.165) is 18.6 Å². The number of hydrogen-bond donors (Lipinski definition) is 1. The lowest BCUT2D eigenvalue weighted by Crippen LogP contribution is -2.41. The number of hydrogen-bond acceptors (Lipinski definition) is 4. The van der Waals surface area contributed by atoms with Crippen LogP contribution in [0, 0.1) is 17.6 Å². The molecule has 0 saturated carbocycles. The number of aromatic nitrogens is 2. The first-order chi connectivity index (χ1) is 12.0. The van der Waals surface area contributed by atoms with Crippen LogP contribution in [0.25, 0.3) is 11.4 Å². The van der Waals surface area contributed by atoms with Gasteiger partial charge in [0.25, 0.3) is 0 Å². The molecule has 0 unspecified atom stereocenters. The van der Waals surface area contributed by atoms with Crippen molar-refractivity contribution >= 4 is 6.03 Å².